The van der Waals surface area contributed by atoms with Crippen molar-refractivity contribution in [3.8, 4) is 22.6 Å². The van der Waals surface area contributed by atoms with Crippen molar-refractivity contribution in [1.29, 1.82) is 0 Å². The molecule has 6 rings (SSSR count). The second kappa shape index (κ2) is 8.02. The Morgan fingerprint density at radius 1 is 0.906 bits per heavy atom. The molecule has 160 valence electrons. The van der Waals surface area contributed by atoms with Crippen LogP contribution in [0.4, 0.5) is 11.8 Å². The minimum absolute atomic E-state index is 0.303. The number of nitrogens with two attached hydrogens (primary N) is 1. The highest BCUT2D eigenvalue weighted by atomic mass is 32.2. The standard InChI is InChI=1S/C26H24N4OS/c27-26-29-20-14-13-16(15-19(20)25(30-26)28-17-7-2-1-3-8-17)18-9-6-12-23-24(18)31-21-10-4-5-11-22(21)32-23/h4-6,9-15,17H,1-3,7-8H2,(H3,27,28,29,30). The monoisotopic (exact) mass is 440 g/mol. The Morgan fingerprint density at radius 2 is 1.75 bits per heavy atom. The number of ether oxygens (including phenoxy) is 1. The van der Waals surface area contributed by atoms with Crippen LogP contribution in [-0.4, -0.2) is 16.0 Å². The molecule has 0 saturated heterocycles. The zero-order valence-corrected chi connectivity index (χ0v) is 18.5. The van der Waals surface area contributed by atoms with E-state index in [4.69, 9.17) is 10.5 Å². The number of para-hydroxylation sites is 2. The number of aromatic nitrogens is 2. The summed E-state index contributed by atoms with van der Waals surface area (Å²) < 4.78 is 6.36. The molecule has 0 spiro atoms. The molecule has 0 radical (unpaired) electrons. The van der Waals surface area contributed by atoms with Crippen LogP contribution in [0.1, 0.15) is 32.1 Å². The number of nitrogens with one attached hydrogen (secondary N) is 1. The summed E-state index contributed by atoms with van der Waals surface area (Å²) >= 11 is 1.74. The summed E-state index contributed by atoms with van der Waals surface area (Å²) in [6, 6.07) is 21.2. The first kappa shape index (κ1) is 19.4. The van der Waals surface area contributed by atoms with E-state index in [0.29, 0.717) is 12.0 Å². The van der Waals surface area contributed by atoms with Crippen LogP contribution in [0, 0.1) is 0 Å². The molecule has 3 aromatic carbocycles. The third-order valence-electron chi connectivity index (χ3n) is 6.23. The molecule has 1 saturated carbocycles. The minimum Gasteiger partial charge on any atom is -0.454 e. The number of anilines is 2. The van der Waals surface area contributed by atoms with Crippen LogP contribution in [0.5, 0.6) is 11.5 Å². The van der Waals surface area contributed by atoms with Crippen molar-refractivity contribution in [2.75, 3.05) is 11.1 Å². The van der Waals surface area contributed by atoms with Gasteiger partial charge in [0.1, 0.15) is 17.3 Å². The highest BCUT2D eigenvalue weighted by Crippen LogP contribution is 2.50. The maximum absolute atomic E-state index is 6.36. The molecule has 0 amide bonds. The number of rotatable bonds is 3. The van der Waals surface area contributed by atoms with Crippen molar-refractivity contribution >= 4 is 34.4 Å². The van der Waals surface area contributed by atoms with Crippen LogP contribution >= 0.6 is 11.8 Å². The molecule has 6 heteroatoms. The Balaban J connectivity index is 1.43. The average Bonchev–Trinajstić information content (AvgIpc) is 2.83. The zero-order valence-electron chi connectivity index (χ0n) is 17.7. The molecule has 1 fully saturated rings. The van der Waals surface area contributed by atoms with E-state index in [0.717, 1.165) is 49.1 Å². The van der Waals surface area contributed by atoms with Gasteiger partial charge in [0.15, 0.2) is 0 Å². The number of hydrogen-bond donors (Lipinski definition) is 2. The molecule has 1 aromatic heterocycles. The Morgan fingerprint density at radius 3 is 2.66 bits per heavy atom. The largest absolute Gasteiger partial charge is 0.454 e. The lowest BCUT2D eigenvalue weighted by Crippen LogP contribution is -2.23. The first-order valence-electron chi connectivity index (χ1n) is 11.2. The van der Waals surface area contributed by atoms with Gasteiger partial charge >= 0.3 is 0 Å². The van der Waals surface area contributed by atoms with Gasteiger partial charge in [-0.15, -0.1) is 0 Å². The van der Waals surface area contributed by atoms with E-state index < -0.39 is 0 Å². The fourth-order valence-corrected chi connectivity index (χ4v) is 5.63. The molecular formula is C26H24N4OS. The molecule has 1 aliphatic heterocycles. The van der Waals surface area contributed by atoms with E-state index in [2.05, 4.69) is 51.7 Å². The lowest BCUT2D eigenvalue weighted by molar-refractivity contribution is 0.456. The lowest BCUT2D eigenvalue weighted by atomic mass is 9.95. The van der Waals surface area contributed by atoms with E-state index in [9.17, 15) is 0 Å². The summed E-state index contributed by atoms with van der Waals surface area (Å²) in [5.74, 6) is 2.92. The fourth-order valence-electron chi connectivity index (χ4n) is 4.64. The summed E-state index contributed by atoms with van der Waals surface area (Å²) in [5.41, 5.74) is 9.02. The van der Waals surface area contributed by atoms with Gasteiger partial charge in [0, 0.05) is 17.0 Å². The molecular weight excluding hydrogens is 416 g/mol. The Hall–Kier alpha value is -3.25. The number of fused-ring (bicyclic) bond motifs is 3. The number of nitrogens with zero attached hydrogens (tertiary/aromatic N) is 2. The molecule has 32 heavy (non-hydrogen) atoms. The van der Waals surface area contributed by atoms with Crippen molar-refractivity contribution in [2.45, 2.75) is 47.9 Å². The molecule has 0 atom stereocenters. The minimum atomic E-state index is 0.303. The van der Waals surface area contributed by atoms with Gasteiger partial charge < -0.3 is 15.8 Å². The summed E-state index contributed by atoms with van der Waals surface area (Å²) in [6.45, 7) is 0. The lowest BCUT2D eigenvalue weighted by Gasteiger charge is -2.24. The van der Waals surface area contributed by atoms with Crippen LogP contribution in [0.15, 0.2) is 70.5 Å². The predicted octanol–water partition coefficient (Wildman–Crippen LogP) is 6.88. The van der Waals surface area contributed by atoms with Gasteiger partial charge in [-0.1, -0.05) is 61.4 Å². The highest BCUT2D eigenvalue weighted by molar-refractivity contribution is 7.99. The maximum atomic E-state index is 6.36. The molecule has 0 unspecified atom stereocenters. The molecule has 5 nitrogen and oxygen atoms in total. The van der Waals surface area contributed by atoms with Crippen LogP contribution in [0.2, 0.25) is 0 Å². The van der Waals surface area contributed by atoms with Gasteiger partial charge in [-0.3, -0.25) is 0 Å². The van der Waals surface area contributed by atoms with Gasteiger partial charge in [0.05, 0.1) is 15.3 Å². The van der Waals surface area contributed by atoms with Gasteiger partial charge in [0.25, 0.3) is 0 Å². The molecule has 1 aliphatic carbocycles. The van der Waals surface area contributed by atoms with Crippen LogP contribution < -0.4 is 15.8 Å². The Kier molecular flexibility index (Phi) is 4.87. The van der Waals surface area contributed by atoms with Gasteiger partial charge in [-0.25, -0.2) is 4.98 Å². The second-order valence-electron chi connectivity index (χ2n) is 8.43. The summed E-state index contributed by atoms with van der Waals surface area (Å²) in [7, 11) is 0. The molecule has 4 aromatic rings. The van der Waals surface area contributed by atoms with Gasteiger partial charge in [-0.2, -0.15) is 4.98 Å². The summed E-state index contributed by atoms with van der Waals surface area (Å²) in [5, 5.41) is 4.64. The number of benzene rings is 3. The SMILES string of the molecule is Nc1nc(NC2CCCCC2)c2cc(-c3cccc4c3Oc3ccccc3S4)ccc2n1. The van der Waals surface area contributed by atoms with Crippen molar-refractivity contribution < 1.29 is 4.74 Å². The van der Waals surface area contributed by atoms with Crippen LogP contribution in [0.25, 0.3) is 22.0 Å². The number of hydrogen-bond acceptors (Lipinski definition) is 6. The second-order valence-corrected chi connectivity index (χ2v) is 9.51. The van der Waals surface area contributed by atoms with E-state index in [1.54, 1.807) is 11.8 Å². The van der Waals surface area contributed by atoms with E-state index in [-0.39, 0.29) is 0 Å². The first-order chi connectivity index (χ1) is 15.7. The van der Waals surface area contributed by atoms with Crippen molar-refractivity contribution in [2.24, 2.45) is 0 Å². The van der Waals surface area contributed by atoms with E-state index >= 15 is 0 Å². The number of nitrogen functional groups attached to an aromatic ring is 1. The normalized spacial score (nSPS) is 15.6. The first-order valence-corrected chi connectivity index (χ1v) is 12.0. The van der Waals surface area contributed by atoms with Crippen LogP contribution in [-0.2, 0) is 0 Å². The Labute approximate surface area is 191 Å². The van der Waals surface area contributed by atoms with Crippen LogP contribution in [0.3, 0.4) is 0 Å². The zero-order chi connectivity index (χ0) is 21.5. The summed E-state index contributed by atoms with van der Waals surface area (Å²) in [4.78, 5) is 11.3. The van der Waals surface area contributed by atoms with Crippen molar-refractivity contribution in [3.05, 3.63) is 60.7 Å². The smallest absolute Gasteiger partial charge is 0.222 e. The molecule has 2 heterocycles. The molecule has 3 N–H and O–H groups in total. The van der Waals surface area contributed by atoms with Crippen molar-refractivity contribution in [1.82, 2.24) is 9.97 Å². The molecule has 2 aliphatic rings. The summed E-state index contributed by atoms with van der Waals surface area (Å²) in [6.07, 6.45) is 6.17. The highest BCUT2D eigenvalue weighted by Gasteiger charge is 2.22. The van der Waals surface area contributed by atoms with Gasteiger partial charge in [0.2, 0.25) is 5.95 Å². The van der Waals surface area contributed by atoms with E-state index in [1.807, 2.05) is 24.3 Å². The molecule has 0 bridgehead atoms. The van der Waals surface area contributed by atoms with Gasteiger partial charge in [-0.05, 0) is 48.7 Å². The fraction of sp³-hybridized carbons (Fsp3) is 0.231. The predicted molar refractivity (Wildman–Crippen MR) is 131 cm³/mol. The third kappa shape index (κ3) is 3.54. The quantitative estimate of drug-likeness (QED) is 0.318. The third-order valence-corrected chi connectivity index (χ3v) is 7.33. The average molecular weight is 441 g/mol. The van der Waals surface area contributed by atoms with Crippen molar-refractivity contribution in [3.63, 3.8) is 0 Å². The Bertz CT molecular complexity index is 1320. The van der Waals surface area contributed by atoms with E-state index in [1.165, 1.54) is 32.1 Å². The topological polar surface area (TPSA) is 73.1 Å². The maximum Gasteiger partial charge on any atom is 0.222 e.